The molecule has 1 aromatic heterocycles. The third-order valence-electron chi connectivity index (χ3n) is 1.84. The lowest BCUT2D eigenvalue weighted by Crippen LogP contribution is -2.36. The summed E-state index contributed by atoms with van der Waals surface area (Å²) in [5.74, 6) is 0. The van der Waals surface area contributed by atoms with Gasteiger partial charge in [-0.3, -0.25) is 9.59 Å². The molecule has 0 radical (unpaired) electrons. The number of para-hydroxylation sites is 2. The van der Waals surface area contributed by atoms with E-state index in [1.807, 2.05) is 0 Å². The fourth-order valence-electron chi connectivity index (χ4n) is 1.18. The fraction of sp³-hybridized carbons (Fsp3) is 0. The average molecular weight is 231 g/mol. The SMILES string of the molecule is O=c1c(=O)n(Cl)c2ccccc2n1Cl. The Kier molecular flexibility index (Phi) is 2.09. The summed E-state index contributed by atoms with van der Waals surface area (Å²) in [5, 5.41) is 0. The number of aromatic nitrogens is 2. The summed E-state index contributed by atoms with van der Waals surface area (Å²) in [5.41, 5.74) is -0.928. The van der Waals surface area contributed by atoms with Gasteiger partial charge >= 0.3 is 11.1 Å². The number of fused-ring (bicyclic) bond motifs is 1. The Balaban J connectivity index is 3.19. The van der Waals surface area contributed by atoms with Crippen LogP contribution in [0.5, 0.6) is 0 Å². The van der Waals surface area contributed by atoms with Crippen LogP contribution in [0.15, 0.2) is 33.9 Å². The predicted octanol–water partition coefficient (Wildman–Crippen LogP) is 1.17. The lowest BCUT2D eigenvalue weighted by Gasteiger charge is -2.03. The molecule has 0 aliphatic heterocycles. The van der Waals surface area contributed by atoms with Crippen molar-refractivity contribution in [2.45, 2.75) is 0 Å². The third kappa shape index (κ3) is 1.15. The van der Waals surface area contributed by atoms with Gasteiger partial charge in [0.1, 0.15) is 0 Å². The van der Waals surface area contributed by atoms with E-state index in [2.05, 4.69) is 0 Å². The Hall–Kier alpha value is -1.26. The van der Waals surface area contributed by atoms with Crippen LogP contribution in [0.2, 0.25) is 0 Å². The molecule has 0 atom stereocenters. The molecule has 0 aliphatic rings. The molecular weight excluding hydrogens is 227 g/mol. The van der Waals surface area contributed by atoms with Crippen molar-refractivity contribution >= 4 is 34.6 Å². The summed E-state index contributed by atoms with van der Waals surface area (Å²) in [7, 11) is 0. The molecule has 6 heteroatoms. The summed E-state index contributed by atoms with van der Waals surface area (Å²) < 4.78 is 1.52. The van der Waals surface area contributed by atoms with Gasteiger partial charge in [0.2, 0.25) is 0 Å². The highest BCUT2D eigenvalue weighted by Crippen LogP contribution is 2.11. The first-order valence-corrected chi connectivity index (χ1v) is 4.39. The maximum absolute atomic E-state index is 11.2. The molecule has 0 amide bonds. The fourth-order valence-corrected chi connectivity index (χ4v) is 1.61. The van der Waals surface area contributed by atoms with Crippen LogP contribution in [-0.2, 0) is 0 Å². The molecule has 1 aromatic carbocycles. The minimum absolute atomic E-state index is 0.397. The molecule has 0 saturated heterocycles. The molecule has 0 saturated carbocycles. The number of hydrogen-bond donors (Lipinski definition) is 0. The first-order valence-electron chi connectivity index (χ1n) is 3.72. The van der Waals surface area contributed by atoms with Gasteiger partial charge in [-0.25, -0.2) is 8.17 Å². The van der Waals surface area contributed by atoms with Crippen LogP contribution in [0, 0.1) is 0 Å². The van der Waals surface area contributed by atoms with Crippen molar-refractivity contribution in [3.05, 3.63) is 45.0 Å². The quantitative estimate of drug-likeness (QED) is 0.638. The van der Waals surface area contributed by atoms with E-state index in [-0.39, 0.29) is 0 Å². The van der Waals surface area contributed by atoms with Gasteiger partial charge in [-0.05, 0) is 12.1 Å². The van der Waals surface area contributed by atoms with Crippen molar-refractivity contribution in [2.24, 2.45) is 0 Å². The van der Waals surface area contributed by atoms with Crippen LogP contribution < -0.4 is 11.1 Å². The van der Waals surface area contributed by atoms with E-state index in [0.29, 0.717) is 11.0 Å². The van der Waals surface area contributed by atoms with Crippen molar-refractivity contribution < 1.29 is 0 Å². The molecule has 0 bridgehead atoms. The normalized spacial score (nSPS) is 10.7. The molecule has 72 valence electrons. The zero-order chi connectivity index (χ0) is 10.3. The Morgan fingerprint density at radius 2 is 1.21 bits per heavy atom. The summed E-state index contributed by atoms with van der Waals surface area (Å²) in [6.45, 7) is 0. The molecule has 2 rings (SSSR count). The van der Waals surface area contributed by atoms with Gasteiger partial charge in [-0.2, -0.15) is 0 Å². The number of nitrogens with zero attached hydrogens (tertiary/aromatic N) is 2. The summed E-state index contributed by atoms with van der Waals surface area (Å²) in [4.78, 5) is 22.4. The molecule has 2 aromatic rings. The van der Waals surface area contributed by atoms with Gasteiger partial charge < -0.3 is 0 Å². The molecule has 4 nitrogen and oxygen atoms in total. The van der Waals surface area contributed by atoms with E-state index >= 15 is 0 Å². The molecule has 0 spiro atoms. The van der Waals surface area contributed by atoms with Gasteiger partial charge in [0.15, 0.2) is 0 Å². The van der Waals surface area contributed by atoms with Gasteiger partial charge in [0.05, 0.1) is 11.0 Å². The minimum Gasteiger partial charge on any atom is -0.262 e. The van der Waals surface area contributed by atoms with Crippen molar-refractivity contribution in [1.82, 2.24) is 8.17 Å². The van der Waals surface area contributed by atoms with Crippen LogP contribution >= 0.6 is 23.6 Å². The highest BCUT2D eigenvalue weighted by Gasteiger charge is 2.09. The number of hydrogen-bond acceptors (Lipinski definition) is 2. The molecule has 0 N–H and O–H groups in total. The molecule has 0 unspecified atom stereocenters. The molecule has 0 fully saturated rings. The summed E-state index contributed by atoms with van der Waals surface area (Å²) >= 11 is 11.3. The van der Waals surface area contributed by atoms with E-state index in [1.54, 1.807) is 24.3 Å². The molecular formula is C8H4Cl2N2O2. The van der Waals surface area contributed by atoms with Crippen molar-refractivity contribution in [2.75, 3.05) is 0 Å². The average Bonchev–Trinajstić information content (AvgIpc) is 2.23. The van der Waals surface area contributed by atoms with Crippen LogP contribution in [0.3, 0.4) is 0 Å². The van der Waals surface area contributed by atoms with E-state index in [1.165, 1.54) is 0 Å². The second kappa shape index (κ2) is 3.15. The molecule has 14 heavy (non-hydrogen) atoms. The van der Waals surface area contributed by atoms with Crippen LogP contribution in [0.4, 0.5) is 0 Å². The number of halogens is 2. The lowest BCUT2D eigenvalue weighted by molar-refractivity contribution is 1.04. The van der Waals surface area contributed by atoms with Gasteiger partial charge in [-0.1, -0.05) is 12.1 Å². The Morgan fingerprint density at radius 3 is 1.57 bits per heavy atom. The largest absolute Gasteiger partial charge is 0.332 e. The van der Waals surface area contributed by atoms with Crippen LogP contribution in [-0.4, -0.2) is 8.17 Å². The zero-order valence-corrected chi connectivity index (χ0v) is 8.29. The zero-order valence-electron chi connectivity index (χ0n) is 6.78. The highest BCUT2D eigenvalue weighted by atomic mass is 35.5. The van der Waals surface area contributed by atoms with Crippen molar-refractivity contribution in [1.29, 1.82) is 0 Å². The Bertz CT molecular complexity index is 560. The van der Waals surface area contributed by atoms with Crippen LogP contribution in [0.25, 0.3) is 11.0 Å². The first-order chi connectivity index (χ1) is 6.63. The second-order valence-electron chi connectivity index (χ2n) is 2.66. The monoisotopic (exact) mass is 230 g/mol. The summed E-state index contributed by atoms with van der Waals surface area (Å²) in [6, 6.07) is 6.59. The second-order valence-corrected chi connectivity index (χ2v) is 3.34. The highest BCUT2D eigenvalue weighted by molar-refractivity contribution is 6.21. The van der Waals surface area contributed by atoms with Gasteiger partial charge in [0.25, 0.3) is 0 Å². The first kappa shape index (κ1) is 9.30. The van der Waals surface area contributed by atoms with Gasteiger partial charge in [-0.15, -0.1) is 0 Å². The number of benzene rings is 1. The minimum atomic E-state index is -0.861. The van der Waals surface area contributed by atoms with E-state index in [0.717, 1.165) is 8.17 Å². The van der Waals surface area contributed by atoms with E-state index in [9.17, 15) is 9.59 Å². The topological polar surface area (TPSA) is 44.0 Å². The Morgan fingerprint density at radius 1 is 0.857 bits per heavy atom. The number of rotatable bonds is 0. The molecule has 0 aliphatic carbocycles. The Labute approximate surface area is 88.1 Å². The molecule has 1 heterocycles. The predicted molar refractivity (Wildman–Crippen MR) is 55.0 cm³/mol. The maximum Gasteiger partial charge on any atom is 0.332 e. The van der Waals surface area contributed by atoms with Gasteiger partial charge in [0, 0.05) is 23.6 Å². The third-order valence-corrected chi connectivity index (χ3v) is 2.52. The standard InChI is InChI=1S/C8H4Cl2N2O2/c9-11-5-3-1-2-4-6(5)12(10)8(14)7(11)13/h1-4H. The smallest absolute Gasteiger partial charge is 0.262 e. The lowest BCUT2D eigenvalue weighted by atomic mass is 10.3. The van der Waals surface area contributed by atoms with Crippen molar-refractivity contribution in [3.8, 4) is 0 Å². The maximum atomic E-state index is 11.2. The van der Waals surface area contributed by atoms with Crippen molar-refractivity contribution in [3.63, 3.8) is 0 Å². The van der Waals surface area contributed by atoms with E-state index < -0.39 is 11.1 Å². The summed E-state index contributed by atoms with van der Waals surface area (Å²) in [6.07, 6.45) is 0. The van der Waals surface area contributed by atoms with Crippen LogP contribution in [0.1, 0.15) is 0 Å². The van der Waals surface area contributed by atoms with E-state index in [4.69, 9.17) is 23.6 Å².